The maximum absolute atomic E-state index is 13.9. The van der Waals surface area contributed by atoms with E-state index in [0.717, 1.165) is 5.56 Å². The molecule has 34 heavy (non-hydrogen) atoms. The Kier molecular flexibility index (Phi) is 8.72. The van der Waals surface area contributed by atoms with Gasteiger partial charge in [-0.05, 0) is 90.3 Å². The van der Waals surface area contributed by atoms with Crippen LogP contribution in [0.2, 0.25) is 0 Å². The number of rotatable bonds is 9. The zero-order chi connectivity index (χ0) is 26.2. The number of sulfonamides is 2. The lowest BCUT2D eigenvalue weighted by molar-refractivity contribution is -0.0244. The van der Waals surface area contributed by atoms with Crippen molar-refractivity contribution in [1.29, 1.82) is 0 Å². The zero-order valence-corrected chi connectivity index (χ0v) is 23.2. The number of hydrogen-bond acceptors (Lipinski definition) is 6. The number of nitrogens with zero attached hydrogens (tertiary/aromatic N) is 3. The molecule has 0 aliphatic heterocycles. The summed E-state index contributed by atoms with van der Waals surface area (Å²) in [6.07, 6.45) is 0. The van der Waals surface area contributed by atoms with Crippen LogP contribution in [-0.2, 0) is 20.0 Å². The van der Waals surface area contributed by atoms with Gasteiger partial charge in [0, 0.05) is 30.7 Å². The van der Waals surface area contributed by atoms with E-state index in [4.69, 9.17) is 5.84 Å². The number of hydrogen-bond donors (Lipinski definition) is 1. The first-order chi connectivity index (χ1) is 15.5. The average Bonchev–Trinajstić information content (AvgIpc) is 2.70. The highest BCUT2D eigenvalue weighted by atomic mass is 32.2. The van der Waals surface area contributed by atoms with Crippen molar-refractivity contribution in [2.45, 2.75) is 83.3 Å². The van der Waals surface area contributed by atoms with Crippen molar-refractivity contribution in [3.63, 3.8) is 0 Å². The van der Waals surface area contributed by atoms with Crippen LogP contribution >= 0.6 is 0 Å². The Morgan fingerprint density at radius 1 is 0.794 bits per heavy atom. The molecule has 2 rings (SSSR count). The van der Waals surface area contributed by atoms with Gasteiger partial charge in [0.25, 0.3) is 20.0 Å². The third-order valence-corrected chi connectivity index (χ3v) is 9.08. The molecular formula is C24H38N4O4S2. The summed E-state index contributed by atoms with van der Waals surface area (Å²) in [5, 5.41) is 1.85. The number of benzene rings is 2. The number of aryl methyl sites for hydroxylation is 2. The van der Waals surface area contributed by atoms with Crippen LogP contribution in [0.5, 0.6) is 0 Å². The molecule has 0 bridgehead atoms. The first-order valence-corrected chi connectivity index (χ1v) is 14.2. The molecule has 0 aliphatic rings. The smallest absolute Gasteiger partial charge is 0.255 e. The molecule has 0 amide bonds. The Bertz CT molecular complexity index is 1230. The largest absolute Gasteiger partial charge is 0.256 e. The molecule has 8 nitrogen and oxygen atoms in total. The first kappa shape index (κ1) is 28.4. The summed E-state index contributed by atoms with van der Waals surface area (Å²) < 4.78 is 55.9. The normalized spacial score (nSPS) is 13.3. The van der Waals surface area contributed by atoms with Crippen LogP contribution in [0.3, 0.4) is 0 Å². The molecule has 0 aliphatic carbocycles. The summed E-state index contributed by atoms with van der Waals surface area (Å²) in [6.45, 7) is 15.1. The number of hydrazine groups is 2. The quantitative estimate of drug-likeness (QED) is 0.405. The highest BCUT2D eigenvalue weighted by Gasteiger charge is 2.35. The zero-order valence-electron chi connectivity index (χ0n) is 21.6. The predicted octanol–water partition coefficient (Wildman–Crippen LogP) is 3.90. The standard InChI is InChI=1S/C24H38N4O4S2/c1-16(2)27(17(3)4)28(18(5)6)33(29,30)22-12-10-11-21(15-22)24-20(8)13-19(7)14-23(24)34(31,32)26(9)25/h10-18H,25H2,1-9H3. The molecule has 2 N–H and O–H groups in total. The van der Waals surface area contributed by atoms with Crippen molar-refractivity contribution >= 4 is 20.0 Å². The van der Waals surface area contributed by atoms with Gasteiger partial charge >= 0.3 is 0 Å². The van der Waals surface area contributed by atoms with E-state index in [1.54, 1.807) is 38.1 Å². The Morgan fingerprint density at radius 2 is 1.35 bits per heavy atom. The van der Waals surface area contributed by atoms with Crippen molar-refractivity contribution in [3.8, 4) is 11.1 Å². The highest BCUT2D eigenvalue weighted by Crippen LogP contribution is 2.35. The third kappa shape index (κ3) is 5.53. The van der Waals surface area contributed by atoms with Gasteiger partial charge in [-0.3, -0.25) is 5.84 Å². The lowest BCUT2D eigenvalue weighted by atomic mass is 9.99. The van der Waals surface area contributed by atoms with Crippen LogP contribution < -0.4 is 5.84 Å². The van der Waals surface area contributed by atoms with Crippen LogP contribution in [0.25, 0.3) is 11.1 Å². The molecule has 0 spiro atoms. The molecule has 0 unspecified atom stereocenters. The SMILES string of the molecule is Cc1cc(C)c(-c2cccc(S(=O)(=O)N(C(C)C)N(C(C)C)C(C)C)c2)c(S(=O)(=O)N(C)N)c1. The molecule has 0 radical (unpaired) electrons. The molecular weight excluding hydrogens is 472 g/mol. The summed E-state index contributed by atoms with van der Waals surface area (Å²) in [5.41, 5.74) is 2.39. The molecule has 0 heterocycles. The van der Waals surface area contributed by atoms with Crippen LogP contribution in [0, 0.1) is 13.8 Å². The fraction of sp³-hybridized carbons (Fsp3) is 0.500. The molecule has 2 aromatic rings. The van der Waals surface area contributed by atoms with E-state index in [1.807, 2.05) is 52.6 Å². The minimum absolute atomic E-state index is 0.0382. The summed E-state index contributed by atoms with van der Waals surface area (Å²) in [7, 11) is -6.63. The van der Waals surface area contributed by atoms with Gasteiger partial charge in [0.05, 0.1) is 9.79 Å². The predicted molar refractivity (Wildman–Crippen MR) is 137 cm³/mol. The highest BCUT2D eigenvalue weighted by molar-refractivity contribution is 7.89. The molecule has 0 fully saturated rings. The van der Waals surface area contributed by atoms with Crippen molar-refractivity contribution < 1.29 is 16.8 Å². The molecule has 0 saturated heterocycles. The molecule has 2 aromatic carbocycles. The minimum atomic E-state index is -3.97. The summed E-state index contributed by atoms with van der Waals surface area (Å²) in [4.78, 5) is 0.130. The van der Waals surface area contributed by atoms with Gasteiger partial charge in [0.15, 0.2) is 0 Å². The molecule has 10 heteroatoms. The molecule has 0 saturated carbocycles. The van der Waals surface area contributed by atoms with E-state index < -0.39 is 20.0 Å². The van der Waals surface area contributed by atoms with Crippen LogP contribution in [0.4, 0.5) is 0 Å². The molecule has 0 aromatic heterocycles. The Labute approximate surface area is 205 Å². The lowest BCUT2D eigenvalue weighted by Gasteiger charge is -2.42. The maximum atomic E-state index is 13.9. The third-order valence-electron chi connectivity index (χ3n) is 5.50. The van der Waals surface area contributed by atoms with Gasteiger partial charge < -0.3 is 0 Å². The Hall–Kier alpha value is -1.82. The lowest BCUT2D eigenvalue weighted by Crippen LogP contribution is -2.55. The fourth-order valence-electron chi connectivity index (χ4n) is 4.30. The first-order valence-electron chi connectivity index (χ1n) is 11.3. The van der Waals surface area contributed by atoms with Gasteiger partial charge in [0.2, 0.25) is 0 Å². The van der Waals surface area contributed by atoms with Crippen LogP contribution in [0.15, 0.2) is 46.2 Å². The van der Waals surface area contributed by atoms with Crippen LogP contribution in [0.1, 0.15) is 52.7 Å². The average molecular weight is 511 g/mol. The second kappa shape index (κ2) is 10.4. The van der Waals surface area contributed by atoms with E-state index >= 15 is 0 Å². The minimum Gasteiger partial charge on any atom is -0.255 e. The van der Waals surface area contributed by atoms with Gasteiger partial charge in [0.1, 0.15) is 0 Å². The summed E-state index contributed by atoms with van der Waals surface area (Å²) >= 11 is 0. The van der Waals surface area contributed by atoms with Gasteiger partial charge in [-0.15, -0.1) is 8.83 Å². The molecule has 0 atom stereocenters. The van der Waals surface area contributed by atoms with Gasteiger partial charge in [-0.2, -0.15) is 0 Å². The second-order valence-electron chi connectivity index (χ2n) is 9.44. The van der Waals surface area contributed by atoms with E-state index in [2.05, 4.69) is 0 Å². The molecule has 190 valence electrons. The Balaban J connectivity index is 2.80. The topological polar surface area (TPSA) is 104 Å². The van der Waals surface area contributed by atoms with Crippen molar-refractivity contribution in [2.24, 2.45) is 5.84 Å². The van der Waals surface area contributed by atoms with E-state index in [-0.39, 0.29) is 27.9 Å². The fourth-order valence-corrected chi connectivity index (χ4v) is 7.40. The summed E-state index contributed by atoms with van der Waals surface area (Å²) in [5.74, 6) is 5.65. The summed E-state index contributed by atoms with van der Waals surface area (Å²) in [6, 6.07) is 9.45. The van der Waals surface area contributed by atoms with Gasteiger partial charge in [-0.1, -0.05) is 18.2 Å². The second-order valence-corrected chi connectivity index (χ2v) is 13.2. The Morgan fingerprint density at radius 3 is 1.82 bits per heavy atom. The van der Waals surface area contributed by atoms with Crippen LogP contribution in [-0.4, -0.2) is 55.8 Å². The van der Waals surface area contributed by atoms with Gasteiger partial charge in [-0.25, -0.2) is 21.8 Å². The van der Waals surface area contributed by atoms with E-state index in [9.17, 15) is 16.8 Å². The maximum Gasteiger partial charge on any atom is 0.256 e. The van der Waals surface area contributed by atoms with Crippen molar-refractivity contribution in [1.82, 2.24) is 13.8 Å². The van der Waals surface area contributed by atoms with E-state index in [1.165, 1.54) is 17.5 Å². The van der Waals surface area contributed by atoms with Crippen molar-refractivity contribution in [3.05, 3.63) is 47.5 Å². The van der Waals surface area contributed by atoms with Crippen molar-refractivity contribution in [2.75, 3.05) is 7.05 Å². The monoisotopic (exact) mass is 510 g/mol. The number of nitrogens with two attached hydrogens (primary N) is 1. The van der Waals surface area contributed by atoms with E-state index in [0.29, 0.717) is 21.1 Å².